The van der Waals surface area contributed by atoms with Gasteiger partial charge in [0, 0.05) is 24.8 Å². The average molecular weight is 255 g/mol. The number of aliphatic hydroxyl groups is 1. The number of hydrogen-bond acceptors (Lipinski definition) is 3. The lowest BCUT2D eigenvalue weighted by molar-refractivity contribution is 0.208. The van der Waals surface area contributed by atoms with Gasteiger partial charge in [-0.05, 0) is 13.8 Å². The van der Waals surface area contributed by atoms with E-state index >= 15 is 0 Å². The van der Waals surface area contributed by atoms with Crippen molar-refractivity contribution in [2.45, 2.75) is 33.0 Å². The highest BCUT2D eigenvalue weighted by atomic mass is 35.5. The minimum absolute atomic E-state index is 0.476. The van der Waals surface area contributed by atoms with Crippen molar-refractivity contribution in [3.63, 3.8) is 0 Å². The second-order valence-corrected chi connectivity index (χ2v) is 4.13. The number of aromatic nitrogens is 4. The van der Waals surface area contributed by atoms with Crippen molar-refractivity contribution >= 4 is 11.6 Å². The molecule has 0 fully saturated rings. The molecule has 2 aromatic heterocycles. The van der Waals surface area contributed by atoms with Crippen LogP contribution in [-0.4, -0.2) is 24.7 Å². The Labute approximate surface area is 105 Å². The Kier molecular flexibility index (Phi) is 3.49. The molecule has 2 heterocycles. The lowest BCUT2D eigenvalue weighted by Gasteiger charge is -2.11. The molecule has 0 aliphatic heterocycles. The van der Waals surface area contributed by atoms with Crippen LogP contribution in [0.25, 0.3) is 0 Å². The molecular formula is C11H15ClN4O. The monoisotopic (exact) mass is 254 g/mol. The van der Waals surface area contributed by atoms with E-state index in [-0.39, 0.29) is 0 Å². The van der Waals surface area contributed by atoms with Crippen LogP contribution in [0.4, 0.5) is 0 Å². The molecule has 0 amide bonds. The summed E-state index contributed by atoms with van der Waals surface area (Å²) in [5.74, 6) is 0. The zero-order valence-electron chi connectivity index (χ0n) is 9.84. The Morgan fingerprint density at radius 1 is 1.29 bits per heavy atom. The van der Waals surface area contributed by atoms with E-state index in [1.165, 1.54) is 0 Å². The Hall–Kier alpha value is -1.33. The maximum absolute atomic E-state index is 10.3. The Bertz CT molecular complexity index is 505. The predicted octanol–water partition coefficient (Wildman–Crippen LogP) is 1.85. The van der Waals surface area contributed by atoms with Crippen molar-refractivity contribution in [3.8, 4) is 0 Å². The van der Waals surface area contributed by atoms with Gasteiger partial charge in [0.05, 0.1) is 23.1 Å². The molecule has 0 saturated heterocycles. The van der Waals surface area contributed by atoms with E-state index in [9.17, 15) is 5.11 Å². The van der Waals surface area contributed by atoms with E-state index < -0.39 is 6.10 Å². The van der Waals surface area contributed by atoms with Crippen molar-refractivity contribution in [3.05, 3.63) is 34.9 Å². The van der Waals surface area contributed by atoms with Crippen molar-refractivity contribution in [2.75, 3.05) is 0 Å². The summed E-state index contributed by atoms with van der Waals surface area (Å²) >= 11 is 6.04. The summed E-state index contributed by atoms with van der Waals surface area (Å²) in [6.07, 6.45) is 4.23. The quantitative estimate of drug-likeness (QED) is 0.906. The first kappa shape index (κ1) is 12.1. The third-order valence-corrected chi connectivity index (χ3v) is 2.98. The Balaban J connectivity index is 2.35. The van der Waals surface area contributed by atoms with E-state index in [4.69, 9.17) is 11.6 Å². The molecule has 6 heteroatoms. The van der Waals surface area contributed by atoms with Gasteiger partial charge in [-0.2, -0.15) is 10.2 Å². The lowest BCUT2D eigenvalue weighted by Crippen LogP contribution is -2.09. The molecule has 2 aromatic rings. The number of rotatable bonds is 4. The summed E-state index contributed by atoms with van der Waals surface area (Å²) in [7, 11) is 0. The Morgan fingerprint density at radius 3 is 2.65 bits per heavy atom. The van der Waals surface area contributed by atoms with Gasteiger partial charge in [-0.3, -0.25) is 9.36 Å². The SMILES string of the molecule is CCn1cc(C(O)c2c(Cl)cnn2CC)cn1. The van der Waals surface area contributed by atoms with E-state index in [1.54, 1.807) is 21.8 Å². The van der Waals surface area contributed by atoms with Crippen LogP contribution >= 0.6 is 11.6 Å². The fourth-order valence-corrected chi connectivity index (χ4v) is 1.99. The molecule has 0 radical (unpaired) electrons. The molecule has 0 spiro atoms. The minimum Gasteiger partial charge on any atom is -0.382 e. The highest BCUT2D eigenvalue weighted by Gasteiger charge is 2.20. The van der Waals surface area contributed by atoms with Crippen molar-refractivity contribution < 1.29 is 5.11 Å². The molecule has 0 aromatic carbocycles. The molecule has 1 unspecified atom stereocenters. The van der Waals surface area contributed by atoms with Crippen molar-refractivity contribution in [1.82, 2.24) is 19.6 Å². The molecule has 1 N–H and O–H groups in total. The largest absolute Gasteiger partial charge is 0.382 e. The molecule has 92 valence electrons. The fraction of sp³-hybridized carbons (Fsp3) is 0.455. The second kappa shape index (κ2) is 4.89. The summed E-state index contributed by atoms with van der Waals surface area (Å²) in [6.45, 7) is 5.38. The summed E-state index contributed by atoms with van der Waals surface area (Å²) < 4.78 is 3.45. The average Bonchev–Trinajstić information content (AvgIpc) is 2.94. The maximum Gasteiger partial charge on any atom is 0.125 e. The van der Waals surface area contributed by atoms with Crippen LogP contribution in [0, 0.1) is 0 Å². The van der Waals surface area contributed by atoms with Gasteiger partial charge in [-0.1, -0.05) is 11.6 Å². The van der Waals surface area contributed by atoms with Crippen molar-refractivity contribution in [2.24, 2.45) is 0 Å². The van der Waals surface area contributed by atoms with Crippen LogP contribution in [0.2, 0.25) is 5.02 Å². The normalized spacial score (nSPS) is 12.9. The van der Waals surface area contributed by atoms with Gasteiger partial charge in [0.15, 0.2) is 0 Å². The molecule has 0 aliphatic rings. The van der Waals surface area contributed by atoms with Crippen LogP contribution in [0.3, 0.4) is 0 Å². The van der Waals surface area contributed by atoms with Gasteiger partial charge < -0.3 is 5.11 Å². The van der Waals surface area contributed by atoms with Gasteiger partial charge in [0.25, 0.3) is 0 Å². The van der Waals surface area contributed by atoms with Gasteiger partial charge in [0.2, 0.25) is 0 Å². The number of hydrogen-bond donors (Lipinski definition) is 1. The molecular weight excluding hydrogens is 240 g/mol. The van der Waals surface area contributed by atoms with Crippen LogP contribution < -0.4 is 0 Å². The summed E-state index contributed by atoms with van der Waals surface area (Å²) in [6, 6.07) is 0. The first-order valence-corrected chi connectivity index (χ1v) is 5.96. The summed E-state index contributed by atoms with van der Waals surface area (Å²) in [5.41, 5.74) is 1.34. The molecule has 2 rings (SSSR count). The zero-order valence-corrected chi connectivity index (χ0v) is 10.6. The van der Waals surface area contributed by atoms with Crippen LogP contribution in [0.5, 0.6) is 0 Å². The third kappa shape index (κ3) is 2.21. The second-order valence-electron chi connectivity index (χ2n) is 3.73. The van der Waals surface area contributed by atoms with Gasteiger partial charge in [0.1, 0.15) is 6.10 Å². The molecule has 5 nitrogen and oxygen atoms in total. The third-order valence-electron chi connectivity index (χ3n) is 2.68. The lowest BCUT2D eigenvalue weighted by atomic mass is 10.1. The van der Waals surface area contributed by atoms with Crippen LogP contribution in [-0.2, 0) is 13.1 Å². The van der Waals surface area contributed by atoms with Crippen LogP contribution in [0.1, 0.15) is 31.2 Å². The van der Waals surface area contributed by atoms with Crippen molar-refractivity contribution in [1.29, 1.82) is 0 Å². The highest BCUT2D eigenvalue weighted by Crippen LogP contribution is 2.27. The minimum atomic E-state index is -0.787. The standard InChI is InChI=1S/C11H15ClN4O/c1-3-15-7-8(5-13-15)11(17)10-9(12)6-14-16(10)4-2/h5-7,11,17H,3-4H2,1-2H3. The number of aryl methyl sites for hydroxylation is 2. The van der Waals surface area contributed by atoms with Gasteiger partial charge in [-0.25, -0.2) is 0 Å². The highest BCUT2D eigenvalue weighted by molar-refractivity contribution is 6.31. The first-order chi connectivity index (χ1) is 8.17. The fourth-order valence-electron chi connectivity index (χ4n) is 1.75. The maximum atomic E-state index is 10.3. The number of aliphatic hydroxyl groups excluding tert-OH is 1. The first-order valence-electron chi connectivity index (χ1n) is 5.59. The van der Waals surface area contributed by atoms with Crippen LogP contribution in [0.15, 0.2) is 18.6 Å². The molecule has 17 heavy (non-hydrogen) atoms. The summed E-state index contributed by atoms with van der Waals surface area (Å²) in [4.78, 5) is 0. The molecule has 0 aliphatic carbocycles. The topological polar surface area (TPSA) is 55.9 Å². The van der Waals surface area contributed by atoms with E-state index in [2.05, 4.69) is 10.2 Å². The van der Waals surface area contributed by atoms with Gasteiger partial charge in [-0.15, -0.1) is 0 Å². The smallest absolute Gasteiger partial charge is 0.125 e. The number of halogens is 1. The zero-order chi connectivity index (χ0) is 12.4. The summed E-state index contributed by atoms with van der Waals surface area (Å²) in [5, 5.41) is 19.0. The molecule has 1 atom stereocenters. The van der Waals surface area contributed by atoms with E-state index in [0.29, 0.717) is 17.3 Å². The Morgan fingerprint density at radius 2 is 2.06 bits per heavy atom. The molecule has 0 saturated carbocycles. The van der Waals surface area contributed by atoms with Gasteiger partial charge >= 0.3 is 0 Å². The van der Waals surface area contributed by atoms with E-state index in [1.807, 2.05) is 20.0 Å². The predicted molar refractivity (Wildman–Crippen MR) is 64.9 cm³/mol. The number of nitrogens with zero attached hydrogens (tertiary/aromatic N) is 4. The molecule has 0 bridgehead atoms. The van der Waals surface area contributed by atoms with E-state index in [0.717, 1.165) is 12.1 Å².